The molecule has 3 aromatic carbocycles. The van der Waals surface area contributed by atoms with Gasteiger partial charge in [0.1, 0.15) is 23.9 Å². The number of nitrogens with zero attached hydrogens (tertiary/aromatic N) is 2. The SMILES string of the molecule is COCCCN1CCOc2ccc(CO[C@H]3CN(C(=O)[C@H](C)N)C[C@@H](O)[C@@H]3c3ccc(OCCCOc4ccccc4Cl)cc3)cc21. The van der Waals surface area contributed by atoms with Gasteiger partial charge in [0, 0.05) is 45.7 Å². The van der Waals surface area contributed by atoms with Gasteiger partial charge in [-0.15, -0.1) is 0 Å². The van der Waals surface area contributed by atoms with E-state index in [1.165, 1.54) is 0 Å². The van der Waals surface area contributed by atoms with Crippen LogP contribution in [0.25, 0.3) is 0 Å². The summed E-state index contributed by atoms with van der Waals surface area (Å²) in [6, 6.07) is 20.5. The minimum Gasteiger partial charge on any atom is -0.493 e. The summed E-state index contributed by atoms with van der Waals surface area (Å²) in [5, 5.41) is 11.9. The maximum atomic E-state index is 12.9. The van der Waals surface area contributed by atoms with Gasteiger partial charge in [-0.2, -0.15) is 0 Å². The molecule has 0 unspecified atom stereocenters. The topological polar surface area (TPSA) is 116 Å². The molecule has 1 saturated heterocycles. The fourth-order valence-electron chi connectivity index (χ4n) is 6.08. The molecule has 0 saturated carbocycles. The van der Waals surface area contributed by atoms with Crippen molar-refractivity contribution in [1.82, 2.24) is 4.90 Å². The second-order valence-electron chi connectivity index (χ2n) is 12.0. The standard InChI is InChI=1S/C36H46ClN3O7/c1-25(38)36(42)40-22-31(41)35(27-10-12-28(13-11-27)44-18-6-19-45-32-8-4-3-7-29(32)37)34(23-40)47-24-26-9-14-33-30(21-26)39(16-20-46-33)15-5-17-43-2/h3-4,7-14,21,25,31,34-35,41H,5-6,15-20,22-24,38H2,1-2H3/t25-,31+,34-,35-/m0/s1. The number of β-amino-alcohol motifs (C(OH)–C–C–N with tert-alkyl or cyclic N) is 1. The van der Waals surface area contributed by atoms with Gasteiger partial charge in [0.25, 0.3) is 0 Å². The van der Waals surface area contributed by atoms with Crippen LogP contribution in [0.4, 0.5) is 5.69 Å². The first-order valence-corrected chi connectivity index (χ1v) is 16.7. The molecule has 3 N–H and O–H groups in total. The van der Waals surface area contributed by atoms with Crippen LogP contribution in [-0.2, 0) is 20.9 Å². The van der Waals surface area contributed by atoms with Gasteiger partial charge in [-0.3, -0.25) is 4.79 Å². The average molecular weight is 668 g/mol. The third-order valence-electron chi connectivity index (χ3n) is 8.46. The van der Waals surface area contributed by atoms with Crippen molar-refractivity contribution in [3.05, 3.63) is 82.9 Å². The Bertz CT molecular complexity index is 1440. The zero-order valence-electron chi connectivity index (χ0n) is 27.2. The number of hydrogen-bond acceptors (Lipinski definition) is 9. The molecule has 10 nitrogen and oxygen atoms in total. The van der Waals surface area contributed by atoms with E-state index in [-0.39, 0.29) is 18.4 Å². The lowest BCUT2D eigenvalue weighted by atomic mass is 9.84. The molecule has 0 bridgehead atoms. The van der Waals surface area contributed by atoms with E-state index in [0.717, 1.165) is 42.1 Å². The zero-order chi connectivity index (χ0) is 33.2. The first-order valence-electron chi connectivity index (χ1n) is 16.3. The number of likely N-dealkylation sites (tertiary alicyclic amines) is 1. The van der Waals surface area contributed by atoms with Gasteiger partial charge in [0.05, 0.1) is 55.3 Å². The number of amides is 1. The Morgan fingerprint density at radius 2 is 1.83 bits per heavy atom. The fraction of sp³-hybridized carbons (Fsp3) is 0.472. The van der Waals surface area contributed by atoms with E-state index in [1.807, 2.05) is 54.6 Å². The lowest BCUT2D eigenvalue weighted by Crippen LogP contribution is -2.56. The molecule has 0 aromatic heterocycles. The van der Waals surface area contributed by atoms with Crippen LogP contribution in [0.1, 0.15) is 36.8 Å². The number of methoxy groups -OCH3 is 1. The number of carbonyl (C=O) groups is 1. The molecule has 5 rings (SSSR count). The van der Waals surface area contributed by atoms with Crippen molar-refractivity contribution >= 4 is 23.2 Å². The van der Waals surface area contributed by atoms with Gasteiger partial charge in [0.2, 0.25) is 5.91 Å². The van der Waals surface area contributed by atoms with E-state index in [1.54, 1.807) is 25.0 Å². The van der Waals surface area contributed by atoms with E-state index >= 15 is 0 Å². The Morgan fingerprint density at radius 1 is 1.04 bits per heavy atom. The largest absolute Gasteiger partial charge is 0.493 e. The number of carbonyl (C=O) groups excluding carboxylic acids is 1. The number of para-hydroxylation sites is 1. The molecule has 0 spiro atoms. The average Bonchev–Trinajstić information content (AvgIpc) is 3.08. The van der Waals surface area contributed by atoms with Crippen LogP contribution in [0.5, 0.6) is 17.2 Å². The van der Waals surface area contributed by atoms with Crippen molar-refractivity contribution in [3.63, 3.8) is 0 Å². The number of fused-ring (bicyclic) bond motifs is 1. The minimum atomic E-state index is -0.835. The van der Waals surface area contributed by atoms with Gasteiger partial charge in [-0.25, -0.2) is 0 Å². The van der Waals surface area contributed by atoms with Crippen LogP contribution < -0.4 is 24.8 Å². The molecule has 0 aliphatic carbocycles. The lowest BCUT2D eigenvalue weighted by molar-refractivity contribution is -0.143. The molecular weight excluding hydrogens is 622 g/mol. The van der Waals surface area contributed by atoms with Crippen molar-refractivity contribution in [2.75, 3.05) is 64.6 Å². The minimum absolute atomic E-state index is 0.182. The van der Waals surface area contributed by atoms with Crippen LogP contribution in [-0.4, -0.2) is 93.9 Å². The van der Waals surface area contributed by atoms with Crippen molar-refractivity contribution in [1.29, 1.82) is 0 Å². The number of aliphatic hydroxyl groups is 1. The number of aliphatic hydroxyl groups excluding tert-OH is 1. The number of nitrogens with two attached hydrogens (primary N) is 1. The molecule has 3 aromatic rings. The summed E-state index contributed by atoms with van der Waals surface area (Å²) in [6.07, 6.45) is 0.315. The summed E-state index contributed by atoms with van der Waals surface area (Å²) < 4.78 is 29.4. The first kappa shape index (κ1) is 34.8. The fourth-order valence-corrected chi connectivity index (χ4v) is 6.27. The molecule has 1 amide bonds. The number of anilines is 1. The molecular formula is C36H46ClN3O7. The third kappa shape index (κ3) is 9.30. The zero-order valence-corrected chi connectivity index (χ0v) is 27.9. The van der Waals surface area contributed by atoms with Gasteiger partial charge in [0.15, 0.2) is 0 Å². The monoisotopic (exact) mass is 667 g/mol. The quantitative estimate of drug-likeness (QED) is 0.224. The van der Waals surface area contributed by atoms with Crippen LogP contribution in [0.3, 0.4) is 0 Å². The van der Waals surface area contributed by atoms with Crippen LogP contribution in [0.15, 0.2) is 66.7 Å². The van der Waals surface area contributed by atoms with E-state index in [2.05, 4.69) is 11.0 Å². The Morgan fingerprint density at radius 3 is 2.60 bits per heavy atom. The van der Waals surface area contributed by atoms with Crippen LogP contribution in [0.2, 0.25) is 5.02 Å². The molecule has 47 heavy (non-hydrogen) atoms. The second kappa shape index (κ2) is 17.0. The van der Waals surface area contributed by atoms with E-state index < -0.39 is 18.2 Å². The summed E-state index contributed by atoms with van der Waals surface area (Å²) in [5.74, 6) is 1.66. The third-order valence-corrected chi connectivity index (χ3v) is 8.78. The number of rotatable bonds is 15. The molecule has 254 valence electrons. The summed E-state index contributed by atoms with van der Waals surface area (Å²) in [5.41, 5.74) is 8.87. The normalized spacial score (nSPS) is 19.9. The Hall–Kier alpha value is -3.54. The molecule has 11 heteroatoms. The number of halogens is 1. The van der Waals surface area contributed by atoms with Crippen molar-refractivity contribution in [2.24, 2.45) is 5.73 Å². The highest BCUT2D eigenvalue weighted by Crippen LogP contribution is 2.35. The predicted molar refractivity (Wildman–Crippen MR) is 182 cm³/mol. The molecule has 2 heterocycles. The summed E-state index contributed by atoms with van der Waals surface area (Å²) in [6.45, 7) is 6.45. The van der Waals surface area contributed by atoms with E-state index in [9.17, 15) is 9.90 Å². The first-order chi connectivity index (χ1) is 22.8. The van der Waals surface area contributed by atoms with Gasteiger partial charge < -0.3 is 44.3 Å². The Labute approximate surface area is 282 Å². The highest BCUT2D eigenvalue weighted by Gasteiger charge is 2.40. The highest BCUT2D eigenvalue weighted by molar-refractivity contribution is 6.32. The van der Waals surface area contributed by atoms with Crippen molar-refractivity contribution in [2.45, 2.75) is 50.5 Å². The second-order valence-corrected chi connectivity index (χ2v) is 12.4. The number of piperidine rings is 1. The molecule has 1 fully saturated rings. The maximum absolute atomic E-state index is 12.9. The molecule has 2 aliphatic rings. The van der Waals surface area contributed by atoms with Gasteiger partial charge >= 0.3 is 0 Å². The Kier molecular flexibility index (Phi) is 12.6. The molecule has 4 atom stereocenters. The molecule has 0 radical (unpaired) electrons. The molecule has 2 aliphatic heterocycles. The number of hydrogen-bond donors (Lipinski definition) is 2. The van der Waals surface area contributed by atoms with Gasteiger partial charge in [-0.05, 0) is 60.9 Å². The van der Waals surface area contributed by atoms with Gasteiger partial charge in [-0.1, -0.05) is 41.9 Å². The lowest BCUT2D eigenvalue weighted by Gasteiger charge is -2.42. The Balaban J connectivity index is 1.23. The number of ether oxygens (including phenoxy) is 5. The smallest absolute Gasteiger partial charge is 0.239 e. The summed E-state index contributed by atoms with van der Waals surface area (Å²) in [7, 11) is 1.71. The van der Waals surface area contributed by atoms with Crippen molar-refractivity contribution < 1.29 is 33.6 Å². The predicted octanol–water partition coefficient (Wildman–Crippen LogP) is 4.64. The van der Waals surface area contributed by atoms with Crippen molar-refractivity contribution in [3.8, 4) is 17.2 Å². The van der Waals surface area contributed by atoms with E-state index in [4.69, 9.17) is 41.0 Å². The summed E-state index contributed by atoms with van der Waals surface area (Å²) in [4.78, 5) is 16.8. The van der Waals surface area contributed by atoms with E-state index in [0.29, 0.717) is 62.5 Å². The number of benzene rings is 3. The summed E-state index contributed by atoms with van der Waals surface area (Å²) >= 11 is 6.15. The van der Waals surface area contributed by atoms with Crippen LogP contribution in [0, 0.1) is 0 Å². The maximum Gasteiger partial charge on any atom is 0.239 e. The highest BCUT2D eigenvalue weighted by atomic mass is 35.5. The van der Waals surface area contributed by atoms with Crippen LogP contribution >= 0.6 is 11.6 Å².